The molecule has 4 heterocycles. The number of carbonyl (C=O) groups is 1. The molecule has 0 fully saturated rings. The quantitative estimate of drug-likeness (QED) is 0.325. The molecule has 4 N–H and O–H groups in total. The molecule has 1 aromatic carbocycles. The Morgan fingerprint density at radius 1 is 1.00 bits per heavy atom. The molecule has 0 aliphatic heterocycles. The number of nitrogens with zero attached hydrogens (tertiary/aromatic N) is 2. The van der Waals surface area contributed by atoms with Crippen molar-refractivity contribution < 1.29 is 9.90 Å². The summed E-state index contributed by atoms with van der Waals surface area (Å²) in [6, 6.07) is 13.6. The lowest BCUT2D eigenvalue weighted by Crippen LogP contribution is -2.15. The van der Waals surface area contributed by atoms with E-state index in [0.717, 1.165) is 44.3 Å². The highest BCUT2D eigenvalue weighted by molar-refractivity contribution is 6.05. The number of nitrogens with one attached hydrogen (secondary N) is 3. The number of aromatic nitrogens is 4. The molecule has 4 aromatic heterocycles. The van der Waals surface area contributed by atoms with Gasteiger partial charge in [-0.05, 0) is 41.5 Å². The molecule has 31 heavy (non-hydrogen) atoms. The second kappa shape index (κ2) is 7.55. The number of aliphatic hydroxyl groups is 1. The van der Waals surface area contributed by atoms with Crippen LogP contribution in [-0.2, 0) is 4.79 Å². The number of H-pyrrole nitrogens is 2. The van der Waals surface area contributed by atoms with Crippen molar-refractivity contribution in [2.45, 2.75) is 0 Å². The minimum Gasteiger partial charge on any atom is -0.391 e. The number of hydrogen-bond donors (Lipinski definition) is 4. The van der Waals surface area contributed by atoms with Gasteiger partial charge in [0, 0.05) is 57.9 Å². The van der Waals surface area contributed by atoms with Gasteiger partial charge in [-0.15, -0.1) is 0 Å². The lowest BCUT2D eigenvalue weighted by Gasteiger charge is -2.09. The molecule has 0 saturated carbocycles. The highest BCUT2D eigenvalue weighted by Gasteiger charge is 2.13. The molecule has 5 aromatic rings. The molecule has 7 nitrogen and oxygen atoms in total. The summed E-state index contributed by atoms with van der Waals surface area (Å²) in [7, 11) is 0. The summed E-state index contributed by atoms with van der Waals surface area (Å²) in [5.74, 6) is -0.408. The van der Waals surface area contributed by atoms with Gasteiger partial charge >= 0.3 is 0 Å². The normalized spacial score (nSPS) is 11.1. The summed E-state index contributed by atoms with van der Waals surface area (Å²) in [5, 5.41) is 13.9. The van der Waals surface area contributed by atoms with Crippen molar-refractivity contribution >= 4 is 33.7 Å². The van der Waals surface area contributed by atoms with Crippen LogP contribution in [0.4, 0.5) is 5.69 Å². The van der Waals surface area contributed by atoms with Crippen LogP contribution in [0.3, 0.4) is 0 Å². The first-order chi connectivity index (χ1) is 15.1. The van der Waals surface area contributed by atoms with Crippen molar-refractivity contribution in [2.24, 2.45) is 0 Å². The van der Waals surface area contributed by atoms with Gasteiger partial charge in [-0.2, -0.15) is 0 Å². The average molecular weight is 409 g/mol. The van der Waals surface area contributed by atoms with Gasteiger partial charge in [0.15, 0.2) is 0 Å². The van der Waals surface area contributed by atoms with Gasteiger partial charge in [-0.1, -0.05) is 18.7 Å². The van der Waals surface area contributed by atoms with Crippen molar-refractivity contribution in [3.63, 3.8) is 0 Å². The summed E-state index contributed by atoms with van der Waals surface area (Å²) in [4.78, 5) is 27.4. The Morgan fingerprint density at radius 2 is 1.87 bits per heavy atom. The standard InChI is InChI=1S/C24H19N5O2/c1-14(13-30)24(31)29-17-4-2-3-15(9-17)16-10-20-21(12-28-23(20)27-11-16)18-5-7-25-22-19(18)6-8-26-22/h2-12,30H,1,13H2,(H,25,26)(H,27,28)(H,29,31). The average Bonchev–Trinajstić information content (AvgIpc) is 3.45. The lowest BCUT2D eigenvalue weighted by atomic mass is 10.0. The number of aromatic amines is 2. The molecule has 0 bridgehead atoms. The third-order valence-corrected chi connectivity index (χ3v) is 5.25. The van der Waals surface area contributed by atoms with E-state index in [9.17, 15) is 4.79 Å². The summed E-state index contributed by atoms with van der Waals surface area (Å²) in [6.45, 7) is 3.17. The topological polar surface area (TPSA) is 107 Å². The second-order valence-electron chi connectivity index (χ2n) is 7.22. The van der Waals surface area contributed by atoms with Gasteiger partial charge in [0.05, 0.1) is 6.61 Å². The van der Waals surface area contributed by atoms with Gasteiger partial charge in [0.25, 0.3) is 5.91 Å². The largest absolute Gasteiger partial charge is 0.391 e. The molecule has 0 atom stereocenters. The molecule has 1 amide bonds. The van der Waals surface area contributed by atoms with Crippen LogP contribution in [0.15, 0.2) is 79.4 Å². The van der Waals surface area contributed by atoms with E-state index in [1.807, 2.05) is 42.7 Å². The predicted octanol–water partition coefficient (Wildman–Crippen LogP) is 4.26. The molecular formula is C24H19N5O2. The maximum Gasteiger partial charge on any atom is 0.253 e. The van der Waals surface area contributed by atoms with Crippen LogP contribution in [0.2, 0.25) is 0 Å². The van der Waals surface area contributed by atoms with E-state index in [4.69, 9.17) is 5.11 Å². The van der Waals surface area contributed by atoms with Crippen molar-refractivity contribution in [3.8, 4) is 22.3 Å². The van der Waals surface area contributed by atoms with E-state index in [0.29, 0.717) is 5.69 Å². The smallest absolute Gasteiger partial charge is 0.253 e. The van der Waals surface area contributed by atoms with E-state index < -0.39 is 5.91 Å². The van der Waals surface area contributed by atoms with Crippen LogP contribution < -0.4 is 5.32 Å². The van der Waals surface area contributed by atoms with E-state index in [2.05, 4.69) is 37.9 Å². The highest BCUT2D eigenvalue weighted by Crippen LogP contribution is 2.34. The van der Waals surface area contributed by atoms with Crippen LogP contribution in [0.25, 0.3) is 44.3 Å². The number of carbonyl (C=O) groups excluding carboxylic acids is 1. The highest BCUT2D eigenvalue weighted by atomic mass is 16.3. The van der Waals surface area contributed by atoms with Crippen molar-refractivity contribution in [1.82, 2.24) is 19.9 Å². The van der Waals surface area contributed by atoms with Crippen LogP contribution in [0, 0.1) is 0 Å². The molecule has 0 unspecified atom stereocenters. The van der Waals surface area contributed by atoms with Crippen molar-refractivity contribution in [1.29, 1.82) is 0 Å². The van der Waals surface area contributed by atoms with Gasteiger partial charge in [0.1, 0.15) is 11.3 Å². The van der Waals surface area contributed by atoms with Gasteiger partial charge in [-0.3, -0.25) is 4.79 Å². The molecule has 7 heteroatoms. The molecule has 0 aliphatic rings. The summed E-state index contributed by atoms with van der Waals surface area (Å²) < 4.78 is 0. The van der Waals surface area contributed by atoms with Crippen LogP contribution >= 0.6 is 0 Å². The van der Waals surface area contributed by atoms with E-state index in [1.165, 1.54) is 0 Å². The van der Waals surface area contributed by atoms with E-state index >= 15 is 0 Å². The SMILES string of the molecule is C=C(CO)C(=O)Nc1cccc(-c2cnc3[nH]cc(-c4ccnc5[nH]ccc45)c3c2)c1. The van der Waals surface area contributed by atoms with Crippen molar-refractivity contribution in [3.05, 3.63) is 79.4 Å². The molecular weight excluding hydrogens is 390 g/mol. The number of hydrogen-bond acceptors (Lipinski definition) is 4. The third-order valence-electron chi connectivity index (χ3n) is 5.25. The van der Waals surface area contributed by atoms with E-state index in [1.54, 1.807) is 18.5 Å². The van der Waals surface area contributed by atoms with E-state index in [-0.39, 0.29) is 12.2 Å². The Balaban J connectivity index is 1.56. The first kappa shape index (κ1) is 18.8. The van der Waals surface area contributed by atoms with Gasteiger partial charge in [-0.25, -0.2) is 9.97 Å². The molecule has 0 spiro atoms. The molecule has 0 aliphatic carbocycles. The zero-order valence-electron chi connectivity index (χ0n) is 16.5. The predicted molar refractivity (Wildman–Crippen MR) is 121 cm³/mol. The molecule has 0 saturated heterocycles. The molecule has 0 radical (unpaired) electrons. The Kier molecular flexibility index (Phi) is 4.57. The number of fused-ring (bicyclic) bond motifs is 2. The summed E-state index contributed by atoms with van der Waals surface area (Å²) in [5.41, 5.74) is 6.31. The van der Waals surface area contributed by atoms with Crippen LogP contribution in [-0.4, -0.2) is 37.6 Å². The number of benzene rings is 1. The zero-order chi connectivity index (χ0) is 21.4. The first-order valence-electron chi connectivity index (χ1n) is 9.74. The minimum absolute atomic E-state index is 0.110. The number of aliphatic hydroxyl groups excluding tert-OH is 1. The molecule has 5 rings (SSSR count). The fourth-order valence-electron chi connectivity index (χ4n) is 3.65. The Labute approximate surface area is 177 Å². The van der Waals surface area contributed by atoms with Gasteiger partial charge < -0.3 is 20.4 Å². The number of rotatable bonds is 5. The van der Waals surface area contributed by atoms with Crippen LogP contribution in [0.5, 0.6) is 0 Å². The van der Waals surface area contributed by atoms with Gasteiger partial charge in [0.2, 0.25) is 0 Å². The van der Waals surface area contributed by atoms with Crippen LogP contribution in [0.1, 0.15) is 0 Å². The fourth-order valence-corrected chi connectivity index (χ4v) is 3.65. The Bertz CT molecular complexity index is 1450. The Morgan fingerprint density at radius 3 is 2.74 bits per heavy atom. The maximum atomic E-state index is 12.0. The summed E-state index contributed by atoms with van der Waals surface area (Å²) in [6.07, 6.45) is 7.43. The lowest BCUT2D eigenvalue weighted by molar-refractivity contribution is -0.113. The minimum atomic E-state index is -0.408. The number of pyridine rings is 2. The maximum absolute atomic E-state index is 12.0. The zero-order valence-corrected chi connectivity index (χ0v) is 16.5. The Hall–Kier alpha value is -4.23. The first-order valence-corrected chi connectivity index (χ1v) is 9.74. The summed E-state index contributed by atoms with van der Waals surface area (Å²) >= 11 is 0. The second-order valence-corrected chi connectivity index (χ2v) is 7.22. The number of anilines is 1. The molecule has 152 valence electrons. The monoisotopic (exact) mass is 409 g/mol. The third kappa shape index (κ3) is 3.37. The number of amides is 1. The fraction of sp³-hybridized carbons (Fsp3) is 0.0417. The van der Waals surface area contributed by atoms with Crippen molar-refractivity contribution in [2.75, 3.05) is 11.9 Å².